The number of hydrogen-bond acceptors (Lipinski definition) is 4. The summed E-state index contributed by atoms with van der Waals surface area (Å²) in [5.74, 6) is -0.0766. The van der Waals surface area contributed by atoms with E-state index < -0.39 is 10.0 Å². The van der Waals surface area contributed by atoms with Crippen molar-refractivity contribution >= 4 is 15.9 Å². The van der Waals surface area contributed by atoms with E-state index in [0.717, 1.165) is 25.5 Å². The Hall–Kier alpha value is -0.660. The topological polar surface area (TPSA) is 101 Å². The Kier molecular flexibility index (Phi) is 5.35. The Balaban J connectivity index is 2.12. The van der Waals surface area contributed by atoms with Gasteiger partial charge in [0.15, 0.2) is 0 Å². The first-order chi connectivity index (χ1) is 7.90. The van der Waals surface area contributed by atoms with Crippen LogP contribution in [0.25, 0.3) is 0 Å². The monoisotopic (exact) mass is 263 g/mol. The van der Waals surface area contributed by atoms with E-state index in [-0.39, 0.29) is 17.9 Å². The van der Waals surface area contributed by atoms with Crippen LogP contribution in [0.3, 0.4) is 0 Å². The summed E-state index contributed by atoms with van der Waals surface area (Å²) in [5, 5.41) is 2.79. The Labute approximate surface area is 102 Å². The Morgan fingerprint density at radius 1 is 1.35 bits per heavy atom. The molecule has 0 aliphatic heterocycles. The first-order valence-electron chi connectivity index (χ1n) is 5.88. The Morgan fingerprint density at radius 2 is 2.06 bits per heavy atom. The second kappa shape index (κ2) is 6.32. The number of nitrogens with two attached hydrogens (primary N) is 1. The highest BCUT2D eigenvalue weighted by Crippen LogP contribution is 2.23. The van der Waals surface area contributed by atoms with Crippen LogP contribution in [0.1, 0.15) is 25.7 Å². The smallest absolute Gasteiger partial charge is 0.224 e. The molecule has 0 radical (unpaired) electrons. The van der Waals surface area contributed by atoms with E-state index in [2.05, 4.69) is 10.0 Å². The zero-order valence-electron chi connectivity index (χ0n) is 10.1. The quantitative estimate of drug-likeness (QED) is 0.544. The van der Waals surface area contributed by atoms with Gasteiger partial charge in [-0.15, -0.1) is 0 Å². The molecule has 0 aromatic heterocycles. The standard InChI is InChI=1S/C10H21N3O3S/c1-17(15,16)13-7-3-6-12-10(14)8-4-2-5-9(8)11/h8-9,13H,2-7,11H2,1H3,(H,12,14). The average molecular weight is 263 g/mol. The molecule has 7 heteroatoms. The minimum absolute atomic E-state index is 0.00523. The van der Waals surface area contributed by atoms with E-state index in [1.165, 1.54) is 0 Å². The highest BCUT2D eigenvalue weighted by atomic mass is 32.2. The largest absolute Gasteiger partial charge is 0.356 e. The fraction of sp³-hybridized carbons (Fsp3) is 0.900. The van der Waals surface area contributed by atoms with Crippen LogP contribution in [-0.2, 0) is 14.8 Å². The summed E-state index contributed by atoms with van der Waals surface area (Å²) in [5.41, 5.74) is 5.81. The van der Waals surface area contributed by atoms with Gasteiger partial charge in [0.2, 0.25) is 15.9 Å². The number of rotatable bonds is 6. The molecular weight excluding hydrogens is 242 g/mol. The summed E-state index contributed by atoms with van der Waals surface area (Å²) in [6, 6.07) is -0.0239. The van der Waals surface area contributed by atoms with Gasteiger partial charge in [-0.25, -0.2) is 13.1 Å². The lowest BCUT2D eigenvalue weighted by Gasteiger charge is -2.14. The molecular formula is C10H21N3O3S. The minimum Gasteiger partial charge on any atom is -0.356 e. The van der Waals surface area contributed by atoms with E-state index in [1.807, 2.05) is 0 Å². The molecule has 2 unspecified atom stereocenters. The highest BCUT2D eigenvalue weighted by Gasteiger charge is 2.29. The predicted octanol–water partition coefficient (Wildman–Crippen LogP) is -0.831. The number of carbonyl (C=O) groups is 1. The highest BCUT2D eigenvalue weighted by molar-refractivity contribution is 7.88. The minimum atomic E-state index is -3.13. The van der Waals surface area contributed by atoms with Crippen LogP contribution < -0.4 is 15.8 Å². The first kappa shape index (κ1) is 14.4. The number of sulfonamides is 1. The van der Waals surface area contributed by atoms with E-state index in [1.54, 1.807) is 0 Å². The lowest BCUT2D eigenvalue weighted by Crippen LogP contribution is -2.39. The van der Waals surface area contributed by atoms with Gasteiger partial charge >= 0.3 is 0 Å². The molecule has 0 aromatic carbocycles. The van der Waals surface area contributed by atoms with Crippen molar-refractivity contribution in [1.82, 2.24) is 10.0 Å². The third kappa shape index (κ3) is 5.47. The molecule has 17 heavy (non-hydrogen) atoms. The van der Waals surface area contributed by atoms with Gasteiger partial charge in [0.05, 0.1) is 12.2 Å². The van der Waals surface area contributed by atoms with E-state index in [4.69, 9.17) is 5.73 Å². The molecule has 1 rings (SSSR count). The molecule has 0 aromatic rings. The lowest BCUT2D eigenvalue weighted by atomic mass is 10.0. The van der Waals surface area contributed by atoms with Crippen LogP contribution in [0.5, 0.6) is 0 Å². The number of hydrogen-bond donors (Lipinski definition) is 3. The van der Waals surface area contributed by atoms with Crippen molar-refractivity contribution in [2.24, 2.45) is 11.7 Å². The van der Waals surface area contributed by atoms with Gasteiger partial charge in [-0.2, -0.15) is 0 Å². The van der Waals surface area contributed by atoms with Crippen molar-refractivity contribution in [3.05, 3.63) is 0 Å². The second-order valence-electron chi connectivity index (χ2n) is 4.51. The SMILES string of the molecule is CS(=O)(=O)NCCCNC(=O)C1CCCC1N. The van der Waals surface area contributed by atoms with Crippen molar-refractivity contribution in [2.75, 3.05) is 19.3 Å². The van der Waals surface area contributed by atoms with Crippen LogP contribution in [0.15, 0.2) is 0 Å². The molecule has 6 nitrogen and oxygen atoms in total. The van der Waals surface area contributed by atoms with Gasteiger partial charge in [-0.05, 0) is 19.3 Å². The fourth-order valence-electron chi connectivity index (χ4n) is 2.00. The van der Waals surface area contributed by atoms with Crippen molar-refractivity contribution in [3.63, 3.8) is 0 Å². The van der Waals surface area contributed by atoms with Gasteiger partial charge in [-0.1, -0.05) is 6.42 Å². The maximum Gasteiger partial charge on any atom is 0.224 e. The molecule has 1 aliphatic rings. The van der Waals surface area contributed by atoms with E-state index >= 15 is 0 Å². The van der Waals surface area contributed by atoms with Crippen LogP contribution in [0, 0.1) is 5.92 Å². The molecule has 1 fully saturated rings. The molecule has 0 heterocycles. The zero-order valence-corrected chi connectivity index (χ0v) is 10.9. The molecule has 1 saturated carbocycles. The van der Waals surface area contributed by atoms with Crippen LogP contribution in [-0.4, -0.2) is 39.7 Å². The summed E-state index contributed by atoms with van der Waals surface area (Å²) < 4.78 is 23.9. The lowest BCUT2D eigenvalue weighted by molar-refractivity contribution is -0.125. The van der Waals surface area contributed by atoms with Gasteiger partial charge in [0.1, 0.15) is 0 Å². The molecule has 1 amide bonds. The molecule has 0 saturated heterocycles. The predicted molar refractivity (Wildman–Crippen MR) is 65.8 cm³/mol. The van der Waals surface area contributed by atoms with Crippen LogP contribution in [0.2, 0.25) is 0 Å². The van der Waals surface area contributed by atoms with E-state index in [9.17, 15) is 13.2 Å². The summed E-state index contributed by atoms with van der Waals surface area (Å²) in [6.07, 6.45) is 4.47. The van der Waals surface area contributed by atoms with Gasteiger partial charge in [0.25, 0.3) is 0 Å². The van der Waals surface area contributed by atoms with Gasteiger partial charge < -0.3 is 11.1 Å². The molecule has 1 aliphatic carbocycles. The maximum absolute atomic E-state index is 11.7. The maximum atomic E-state index is 11.7. The summed E-state index contributed by atoms with van der Waals surface area (Å²) in [4.78, 5) is 11.7. The summed E-state index contributed by atoms with van der Waals surface area (Å²) >= 11 is 0. The number of carbonyl (C=O) groups excluding carboxylic acids is 1. The fourth-order valence-corrected chi connectivity index (χ4v) is 2.52. The average Bonchev–Trinajstić information content (AvgIpc) is 2.62. The molecule has 0 bridgehead atoms. The normalized spacial score (nSPS) is 24.8. The summed E-state index contributed by atoms with van der Waals surface area (Å²) in [6.45, 7) is 0.820. The first-order valence-corrected chi connectivity index (χ1v) is 7.77. The van der Waals surface area contributed by atoms with Crippen molar-refractivity contribution in [3.8, 4) is 0 Å². The van der Waals surface area contributed by atoms with Gasteiger partial charge in [0, 0.05) is 19.1 Å². The second-order valence-corrected chi connectivity index (χ2v) is 6.35. The molecule has 0 spiro atoms. The van der Waals surface area contributed by atoms with Crippen LogP contribution >= 0.6 is 0 Å². The van der Waals surface area contributed by atoms with E-state index in [0.29, 0.717) is 19.5 Å². The molecule has 4 N–H and O–H groups in total. The van der Waals surface area contributed by atoms with Crippen molar-refractivity contribution in [2.45, 2.75) is 31.7 Å². The molecule has 2 atom stereocenters. The Morgan fingerprint density at radius 3 is 2.59 bits per heavy atom. The summed E-state index contributed by atoms with van der Waals surface area (Å²) in [7, 11) is -3.13. The van der Waals surface area contributed by atoms with Crippen molar-refractivity contribution in [1.29, 1.82) is 0 Å². The third-order valence-corrected chi connectivity index (χ3v) is 3.65. The zero-order chi connectivity index (χ0) is 12.9. The number of amides is 1. The van der Waals surface area contributed by atoms with Gasteiger partial charge in [-0.3, -0.25) is 4.79 Å². The Bertz CT molecular complexity index is 356. The molecule has 100 valence electrons. The van der Waals surface area contributed by atoms with Crippen molar-refractivity contribution < 1.29 is 13.2 Å². The third-order valence-electron chi connectivity index (χ3n) is 2.92. The van der Waals surface area contributed by atoms with Crippen LogP contribution in [0.4, 0.5) is 0 Å². The number of nitrogens with one attached hydrogen (secondary N) is 2.